The van der Waals surface area contributed by atoms with Crippen molar-refractivity contribution in [2.75, 3.05) is 0 Å². The zero-order chi connectivity index (χ0) is 20.5. The largest absolute Gasteiger partial charge is 0.489 e. The second kappa shape index (κ2) is 8.11. The number of allylic oxidation sites excluding steroid dienone is 1. The van der Waals surface area contributed by atoms with E-state index in [0.717, 1.165) is 11.1 Å². The fraction of sp³-hybridized carbons (Fsp3) is 0.0870. The molecule has 4 rings (SSSR count). The Balaban J connectivity index is 1.59. The third-order valence-corrected chi connectivity index (χ3v) is 5.45. The highest BCUT2D eigenvalue weighted by Gasteiger charge is 2.30. The summed E-state index contributed by atoms with van der Waals surface area (Å²) in [5.41, 5.74) is 2.81. The van der Waals surface area contributed by atoms with Crippen LogP contribution >= 0.6 is 34.8 Å². The molecule has 0 saturated carbocycles. The zero-order valence-electron chi connectivity index (χ0n) is 15.3. The van der Waals surface area contributed by atoms with E-state index in [9.17, 15) is 4.79 Å². The van der Waals surface area contributed by atoms with Crippen molar-refractivity contribution >= 4 is 46.7 Å². The second-order valence-electron chi connectivity index (χ2n) is 6.60. The number of benzene rings is 3. The van der Waals surface area contributed by atoms with Crippen LogP contribution in [-0.2, 0) is 6.61 Å². The maximum Gasteiger partial charge on any atom is 0.232 e. The predicted molar refractivity (Wildman–Crippen MR) is 116 cm³/mol. The van der Waals surface area contributed by atoms with Gasteiger partial charge >= 0.3 is 0 Å². The monoisotopic (exact) mass is 444 g/mol. The predicted octanol–water partition coefficient (Wildman–Crippen LogP) is 7.15. The number of hydrogen-bond acceptors (Lipinski definition) is 3. The highest BCUT2D eigenvalue weighted by Crippen LogP contribution is 2.39. The Hall–Kier alpha value is -2.46. The molecule has 146 valence electrons. The van der Waals surface area contributed by atoms with Gasteiger partial charge in [0.15, 0.2) is 5.76 Å². The minimum atomic E-state index is -0.210. The number of aryl methyl sites for hydroxylation is 1. The van der Waals surface area contributed by atoms with E-state index in [1.54, 1.807) is 30.3 Å². The van der Waals surface area contributed by atoms with E-state index in [1.165, 1.54) is 0 Å². The molecule has 0 radical (unpaired) electrons. The number of fused-ring (bicyclic) bond motifs is 1. The van der Waals surface area contributed by atoms with Crippen LogP contribution in [0.3, 0.4) is 0 Å². The molecule has 3 aromatic carbocycles. The summed E-state index contributed by atoms with van der Waals surface area (Å²) < 4.78 is 11.7. The van der Waals surface area contributed by atoms with Gasteiger partial charge in [0.05, 0.1) is 5.56 Å². The molecule has 3 nitrogen and oxygen atoms in total. The van der Waals surface area contributed by atoms with Gasteiger partial charge in [-0.15, -0.1) is 0 Å². The number of halogens is 3. The van der Waals surface area contributed by atoms with Crippen LogP contribution in [0.1, 0.15) is 27.0 Å². The molecule has 6 heteroatoms. The van der Waals surface area contributed by atoms with Crippen LogP contribution < -0.4 is 9.47 Å². The summed E-state index contributed by atoms with van der Waals surface area (Å²) in [5.74, 6) is 1.03. The van der Waals surface area contributed by atoms with E-state index in [2.05, 4.69) is 0 Å². The van der Waals surface area contributed by atoms with E-state index in [0.29, 0.717) is 44.3 Å². The first-order chi connectivity index (χ1) is 13.9. The molecule has 1 aliphatic heterocycles. The Morgan fingerprint density at radius 2 is 1.69 bits per heavy atom. The standard InChI is InChI=1S/C23H15Cl3O3/c1-13-9-16(28-12-14-5-7-15(24)8-6-14)10-20-22(13)23(27)21(29-20)11-17-18(25)3-2-4-19(17)26/h2-11H,12H2,1H3/b21-11-. The third-order valence-electron chi connectivity index (χ3n) is 4.54. The molecule has 0 unspecified atom stereocenters. The molecule has 0 fully saturated rings. The molecule has 0 N–H and O–H groups in total. The molecule has 1 aliphatic rings. The highest BCUT2D eigenvalue weighted by molar-refractivity contribution is 6.37. The summed E-state index contributed by atoms with van der Waals surface area (Å²) >= 11 is 18.3. The molecule has 29 heavy (non-hydrogen) atoms. The average molecular weight is 446 g/mol. The quantitative estimate of drug-likeness (QED) is 0.400. The van der Waals surface area contributed by atoms with Crippen LogP contribution in [0.15, 0.2) is 60.4 Å². The van der Waals surface area contributed by atoms with Crippen molar-refractivity contribution in [2.45, 2.75) is 13.5 Å². The Labute approximate surface area is 183 Å². The number of ketones is 1. The summed E-state index contributed by atoms with van der Waals surface area (Å²) in [6.45, 7) is 2.22. The summed E-state index contributed by atoms with van der Waals surface area (Å²) in [7, 11) is 0. The van der Waals surface area contributed by atoms with Crippen LogP contribution in [0.25, 0.3) is 6.08 Å². The van der Waals surface area contributed by atoms with E-state index in [1.807, 2.05) is 37.3 Å². The van der Waals surface area contributed by atoms with Gasteiger partial charge in [-0.2, -0.15) is 0 Å². The minimum Gasteiger partial charge on any atom is -0.489 e. The number of ether oxygens (including phenoxy) is 2. The van der Waals surface area contributed by atoms with E-state index < -0.39 is 0 Å². The van der Waals surface area contributed by atoms with Crippen molar-refractivity contribution in [1.29, 1.82) is 0 Å². The molecule has 0 spiro atoms. The van der Waals surface area contributed by atoms with Gasteiger partial charge in [0, 0.05) is 26.7 Å². The van der Waals surface area contributed by atoms with Crippen molar-refractivity contribution in [1.82, 2.24) is 0 Å². The van der Waals surface area contributed by atoms with Crippen molar-refractivity contribution in [3.8, 4) is 11.5 Å². The maximum atomic E-state index is 12.8. The molecule has 1 heterocycles. The minimum absolute atomic E-state index is 0.174. The van der Waals surface area contributed by atoms with Gasteiger partial charge in [-0.1, -0.05) is 53.0 Å². The van der Waals surface area contributed by atoms with Crippen molar-refractivity contribution in [2.24, 2.45) is 0 Å². The Bertz CT molecular complexity index is 1110. The van der Waals surface area contributed by atoms with Crippen LogP contribution in [0.5, 0.6) is 11.5 Å². The van der Waals surface area contributed by atoms with E-state index >= 15 is 0 Å². The van der Waals surface area contributed by atoms with Crippen LogP contribution in [-0.4, -0.2) is 5.78 Å². The first kappa shape index (κ1) is 19.8. The van der Waals surface area contributed by atoms with Crippen molar-refractivity contribution in [3.05, 3.63) is 97.7 Å². The normalized spacial score (nSPS) is 14.1. The fourth-order valence-electron chi connectivity index (χ4n) is 3.09. The molecule has 0 aromatic heterocycles. The van der Waals surface area contributed by atoms with Crippen molar-refractivity contribution < 1.29 is 14.3 Å². The fourth-order valence-corrected chi connectivity index (χ4v) is 3.72. The van der Waals surface area contributed by atoms with E-state index in [-0.39, 0.29) is 11.5 Å². The van der Waals surface area contributed by atoms with E-state index in [4.69, 9.17) is 44.3 Å². The summed E-state index contributed by atoms with van der Waals surface area (Å²) in [6, 6.07) is 16.1. The number of hydrogen-bond donors (Lipinski definition) is 0. The van der Waals surface area contributed by atoms with Crippen LogP contribution in [0.4, 0.5) is 0 Å². The van der Waals surface area contributed by atoms with Crippen molar-refractivity contribution in [3.63, 3.8) is 0 Å². The average Bonchev–Trinajstić information content (AvgIpc) is 3.00. The molecule has 3 aromatic rings. The van der Waals surface area contributed by atoms with Gasteiger partial charge in [0.2, 0.25) is 5.78 Å². The Kier molecular flexibility index (Phi) is 5.55. The summed E-state index contributed by atoms with van der Waals surface area (Å²) in [5, 5.41) is 1.56. The molecule has 0 atom stereocenters. The topological polar surface area (TPSA) is 35.5 Å². The Morgan fingerprint density at radius 3 is 2.38 bits per heavy atom. The van der Waals surface area contributed by atoms with Gasteiger partial charge in [-0.3, -0.25) is 4.79 Å². The maximum absolute atomic E-state index is 12.8. The molecule has 0 amide bonds. The summed E-state index contributed by atoms with van der Waals surface area (Å²) in [6.07, 6.45) is 1.57. The lowest BCUT2D eigenvalue weighted by molar-refractivity contribution is 0.101. The number of carbonyl (C=O) groups excluding carboxylic acids is 1. The number of rotatable bonds is 4. The summed E-state index contributed by atoms with van der Waals surface area (Å²) in [4.78, 5) is 12.8. The van der Waals surface area contributed by atoms with Gasteiger partial charge in [0.1, 0.15) is 18.1 Å². The zero-order valence-corrected chi connectivity index (χ0v) is 17.6. The molecule has 0 saturated heterocycles. The lowest BCUT2D eigenvalue weighted by Crippen LogP contribution is -2.00. The number of carbonyl (C=O) groups is 1. The van der Waals surface area contributed by atoms with Gasteiger partial charge in [-0.05, 0) is 54.5 Å². The van der Waals surface area contributed by atoms with Crippen LogP contribution in [0.2, 0.25) is 15.1 Å². The first-order valence-corrected chi connectivity index (χ1v) is 9.96. The molecule has 0 bridgehead atoms. The SMILES string of the molecule is Cc1cc(OCc2ccc(Cl)cc2)cc2c1C(=O)/C(=C/c1c(Cl)cccc1Cl)O2. The highest BCUT2D eigenvalue weighted by atomic mass is 35.5. The molecular formula is C23H15Cl3O3. The van der Waals surface area contributed by atoms with Crippen LogP contribution in [0, 0.1) is 6.92 Å². The van der Waals surface area contributed by atoms with Gasteiger partial charge < -0.3 is 9.47 Å². The molecule has 0 aliphatic carbocycles. The lowest BCUT2D eigenvalue weighted by Gasteiger charge is -2.09. The molecular weight excluding hydrogens is 431 g/mol. The smallest absolute Gasteiger partial charge is 0.232 e. The number of Topliss-reactive ketones (excluding diaryl/α,β-unsaturated/α-hetero) is 1. The first-order valence-electron chi connectivity index (χ1n) is 8.82. The van der Waals surface area contributed by atoms with Gasteiger partial charge in [0.25, 0.3) is 0 Å². The Morgan fingerprint density at radius 1 is 1.00 bits per heavy atom. The third kappa shape index (κ3) is 4.13. The lowest BCUT2D eigenvalue weighted by atomic mass is 10.0. The second-order valence-corrected chi connectivity index (χ2v) is 7.85. The van der Waals surface area contributed by atoms with Gasteiger partial charge in [-0.25, -0.2) is 0 Å².